The Morgan fingerprint density at radius 1 is 1.15 bits per heavy atom. The predicted octanol–water partition coefficient (Wildman–Crippen LogP) is 1.97. The van der Waals surface area contributed by atoms with Gasteiger partial charge < -0.3 is 19.7 Å². The molecule has 0 aliphatic carbocycles. The summed E-state index contributed by atoms with van der Waals surface area (Å²) in [6, 6.07) is 7.48. The van der Waals surface area contributed by atoms with Crippen LogP contribution < -0.4 is 19.7 Å². The maximum Gasteiger partial charge on any atom is 0.231 e. The fourth-order valence-electron chi connectivity index (χ4n) is 3.25. The van der Waals surface area contributed by atoms with Crippen molar-refractivity contribution < 1.29 is 14.3 Å². The third-order valence-electron chi connectivity index (χ3n) is 4.55. The smallest absolute Gasteiger partial charge is 0.231 e. The lowest BCUT2D eigenvalue weighted by molar-refractivity contribution is -0.120. The Kier molecular flexibility index (Phi) is 4.60. The molecule has 1 aromatic carbocycles. The van der Waals surface area contributed by atoms with E-state index in [1.807, 2.05) is 31.2 Å². The Balaban J connectivity index is 1.36. The lowest BCUT2D eigenvalue weighted by Crippen LogP contribution is -2.26. The summed E-state index contributed by atoms with van der Waals surface area (Å²) < 4.78 is 10.6. The summed E-state index contributed by atoms with van der Waals surface area (Å²) in [5.74, 6) is 2.13. The highest BCUT2D eigenvalue weighted by Gasteiger charge is 2.17. The molecule has 1 saturated heterocycles. The first-order chi connectivity index (χ1) is 12.7. The summed E-state index contributed by atoms with van der Waals surface area (Å²) in [7, 11) is 0. The fraction of sp³-hybridized carbons (Fsp3) is 0.421. The molecule has 0 bridgehead atoms. The van der Waals surface area contributed by atoms with E-state index in [2.05, 4.69) is 20.2 Å². The van der Waals surface area contributed by atoms with Gasteiger partial charge in [-0.3, -0.25) is 4.79 Å². The van der Waals surface area contributed by atoms with Crippen LogP contribution in [-0.2, 0) is 17.8 Å². The van der Waals surface area contributed by atoms with Crippen LogP contribution in [0.3, 0.4) is 0 Å². The number of ether oxygens (including phenoxy) is 2. The second-order valence-corrected chi connectivity index (χ2v) is 6.64. The van der Waals surface area contributed by atoms with Crippen molar-refractivity contribution in [3.63, 3.8) is 0 Å². The van der Waals surface area contributed by atoms with E-state index in [-0.39, 0.29) is 12.7 Å². The van der Waals surface area contributed by atoms with Gasteiger partial charge in [0.05, 0.1) is 18.7 Å². The number of carbonyl (C=O) groups is 1. The van der Waals surface area contributed by atoms with Crippen molar-refractivity contribution in [1.82, 2.24) is 15.3 Å². The van der Waals surface area contributed by atoms with Gasteiger partial charge in [0.15, 0.2) is 11.5 Å². The Hall–Kier alpha value is -2.83. The number of nitrogens with one attached hydrogen (secondary N) is 1. The van der Waals surface area contributed by atoms with E-state index in [1.165, 1.54) is 12.8 Å². The number of fused-ring (bicyclic) bond motifs is 1. The van der Waals surface area contributed by atoms with Crippen molar-refractivity contribution >= 4 is 11.9 Å². The number of amides is 1. The maximum atomic E-state index is 12.3. The van der Waals surface area contributed by atoms with Gasteiger partial charge in [0.1, 0.15) is 0 Å². The third-order valence-corrected chi connectivity index (χ3v) is 4.55. The second kappa shape index (κ2) is 7.19. The lowest BCUT2D eigenvalue weighted by Gasteiger charge is -2.16. The zero-order valence-electron chi connectivity index (χ0n) is 14.8. The highest BCUT2D eigenvalue weighted by atomic mass is 16.7. The van der Waals surface area contributed by atoms with Crippen molar-refractivity contribution in [2.45, 2.75) is 32.7 Å². The minimum Gasteiger partial charge on any atom is -0.454 e. The predicted molar refractivity (Wildman–Crippen MR) is 96.3 cm³/mol. The summed E-state index contributed by atoms with van der Waals surface area (Å²) in [6.07, 6.45) is 2.65. The number of aryl methyl sites for hydroxylation is 1. The summed E-state index contributed by atoms with van der Waals surface area (Å²) in [4.78, 5) is 23.6. The summed E-state index contributed by atoms with van der Waals surface area (Å²) in [6.45, 7) is 4.59. The van der Waals surface area contributed by atoms with E-state index in [0.29, 0.717) is 18.7 Å². The highest BCUT2D eigenvalue weighted by molar-refractivity contribution is 5.78. The number of benzene rings is 1. The molecule has 7 nitrogen and oxygen atoms in total. The molecule has 0 radical (unpaired) electrons. The summed E-state index contributed by atoms with van der Waals surface area (Å²) in [5.41, 5.74) is 2.64. The molecule has 0 unspecified atom stereocenters. The minimum atomic E-state index is -0.0529. The molecule has 0 spiro atoms. The Morgan fingerprint density at radius 3 is 2.81 bits per heavy atom. The van der Waals surface area contributed by atoms with E-state index in [4.69, 9.17) is 9.47 Å². The average Bonchev–Trinajstić information content (AvgIpc) is 3.31. The molecule has 0 atom stereocenters. The van der Waals surface area contributed by atoms with Crippen LogP contribution >= 0.6 is 0 Å². The van der Waals surface area contributed by atoms with Gasteiger partial charge in [0.2, 0.25) is 18.6 Å². The van der Waals surface area contributed by atoms with Gasteiger partial charge in [-0.2, -0.15) is 0 Å². The number of nitrogens with zero attached hydrogens (tertiary/aromatic N) is 3. The van der Waals surface area contributed by atoms with Gasteiger partial charge in [-0.25, -0.2) is 9.97 Å². The first-order valence-electron chi connectivity index (χ1n) is 8.92. The molecule has 2 aliphatic rings. The third kappa shape index (κ3) is 3.71. The highest BCUT2D eigenvalue weighted by Crippen LogP contribution is 2.32. The summed E-state index contributed by atoms with van der Waals surface area (Å²) in [5, 5.41) is 2.94. The normalized spacial score (nSPS) is 15.3. The van der Waals surface area contributed by atoms with Gasteiger partial charge in [0.25, 0.3) is 0 Å². The number of anilines is 1. The van der Waals surface area contributed by atoms with Crippen molar-refractivity contribution in [3.8, 4) is 11.5 Å². The molecule has 0 saturated carbocycles. The minimum absolute atomic E-state index is 0.0529. The zero-order valence-corrected chi connectivity index (χ0v) is 14.8. The molecule has 1 fully saturated rings. The van der Waals surface area contributed by atoms with Gasteiger partial charge in [-0.15, -0.1) is 0 Å². The standard InChI is InChI=1S/C19H22N4O3/c1-13-8-15(22-19(21-13)23-6-2-3-7-23)11-20-18(24)10-14-4-5-16-17(9-14)26-12-25-16/h4-5,8-9H,2-3,6-7,10-12H2,1H3,(H,20,24). The second-order valence-electron chi connectivity index (χ2n) is 6.64. The van der Waals surface area contributed by atoms with E-state index in [0.717, 1.165) is 41.7 Å². The molecular formula is C19H22N4O3. The van der Waals surface area contributed by atoms with Crippen LogP contribution in [0.15, 0.2) is 24.3 Å². The first-order valence-corrected chi connectivity index (χ1v) is 8.92. The van der Waals surface area contributed by atoms with Crippen LogP contribution in [0.1, 0.15) is 29.8 Å². The van der Waals surface area contributed by atoms with Crippen LogP contribution in [0.4, 0.5) is 5.95 Å². The van der Waals surface area contributed by atoms with Gasteiger partial charge in [-0.05, 0) is 43.5 Å². The molecule has 136 valence electrons. The van der Waals surface area contributed by atoms with Crippen molar-refractivity contribution in [2.24, 2.45) is 0 Å². The SMILES string of the molecule is Cc1cc(CNC(=O)Cc2ccc3c(c2)OCO3)nc(N2CCCC2)n1. The molecule has 3 heterocycles. The molecule has 2 aliphatic heterocycles. The van der Waals surface area contributed by atoms with Crippen molar-refractivity contribution in [1.29, 1.82) is 0 Å². The Bertz CT molecular complexity index is 818. The van der Waals surface area contributed by atoms with Crippen LogP contribution in [0.5, 0.6) is 11.5 Å². The van der Waals surface area contributed by atoms with E-state index >= 15 is 0 Å². The number of hydrogen-bond donors (Lipinski definition) is 1. The number of carbonyl (C=O) groups excluding carboxylic acids is 1. The molecule has 1 N–H and O–H groups in total. The van der Waals surface area contributed by atoms with Crippen LogP contribution in [-0.4, -0.2) is 35.8 Å². The molecule has 2 aromatic rings. The summed E-state index contributed by atoms with van der Waals surface area (Å²) >= 11 is 0. The van der Waals surface area contributed by atoms with E-state index < -0.39 is 0 Å². The molecule has 1 amide bonds. The van der Waals surface area contributed by atoms with Crippen LogP contribution in [0.25, 0.3) is 0 Å². The number of rotatable bonds is 5. The van der Waals surface area contributed by atoms with Gasteiger partial charge >= 0.3 is 0 Å². The largest absolute Gasteiger partial charge is 0.454 e. The molecule has 7 heteroatoms. The van der Waals surface area contributed by atoms with Gasteiger partial charge in [0, 0.05) is 18.8 Å². The monoisotopic (exact) mass is 354 g/mol. The maximum absolute atomic E-state index is 12.3. The number of hydrogen-bond acceptors (Lipinski definition) is 6. The molecular weight excluding hydrogens is 332 g/mol. The van der Waals surface area contributed by atoms with E-state index in [1.54, 1.807) is 0 Å². The van der Waals surface area contributed by atoms with Crippen LogP contribution in [0.2, 0.25) is 0 Å². The average molecular weight is 354 g/mol. The molecule has 26 heavy (non-hydrogen) atoms. The number of aromatic nitrogens is 2. The zero-order chi connectivity index (χ0) is 17.9. The van der Waals surface area contributed by atoms with E-state index in [9.17, 15) is 4.79 Å². The first kappa shape index (κ1) is 16.6. The van der Waals surface area contributed by atoms with Gasteiger partial charge in [-0.1, -0.05) is 6.07 Å². The quantitative estimate of drug-likeness (QED) is 0.885. The molecule has 4 rings (SSSR count). The Labute approximate surface area is 152 Å². The Morgan fingerprint density at radius 2 is 1.96 bits per heavy atom. The lowest BCUT2D eigenvalue weighted by atomic mass is 10.1. The topological polar surface area (TPSA) is 76.6 Å². The van der Waals surface area contributed by atoms with Crippen LogP contribution in [0, 0.1) is 6.92 Å². The van der Waals surface area contributed by atoms with Crippen molar-refractivity contribution in [3.05, 3.63) is 41.2 Å². The fourth-order valence-corrected chi connectivity index (χ4v) is 3.25. The van der Waals surface area contributed by atoms with Crippen molar-refractivity contribution in [2.75, 3.05) is 24.8 Å². The molecule has 1 aromatic heterocycles.